The van der Waals surface area contributed by atoms with Gasteiger partial charge >= 0.3 is 17.9 Å². The van der Waals surface area contributed by atoms with Crippen LogP contribution in [0.5, 0.6) is 5.75 Å². The fraction of sp³-hybridized carbons (Fsp3) is 0.607. The van der Waals surface area contributed by atoms with Gasteiger partial charge in [0, 0.05) is 50.5 Å². The number of hydrogen-bond donors (Lipinski definition) is 27. The van der Waals surface area contributed by atoms with Gasteiger partial charge in [0.15, 0.2) is 17.9 Å². The van der Waals surface area contributed by atoms with Crippen molar-refractivity contribution in [2.75, 3.05) is 57.3 Å². The number of carbonyl (C=O) groups excluding carboxylic acids is 12. The highest BCUT2D eigenvalue weighted by atomic mass is 32.1. The van der Waals surface area contributed by atoms with Gasteiger partial charge in [-0.3, -0.25) is 88.1 Å². The van der Waals surface area contributed by atoms with Gasteiger partial charge in [-0.05, 0) is 101 Å². The molecule has 0 saturated carbocycles. The summed E-state index contributed by atoms with van der Waals surface area (Å²) in [5.74, 6) is -19.5. The fourth-order valence-corrected chi connectivity index (χ4v) is 10.8. The van der Waals surface area contributed by atoms with Crippen LogP contribution in [0.15, 0.2) is 24.3 Å². The number of hydrogen-bond acceptors (Lipinski definition) is 26. The summed E-state index contributed by atoms with van der Waals surface area (Å²) < 4.78 is 7.26. The van der Waals surface area contributed by atoms with Crippen molar-refractivity contribution in [1.82, 2.24) is 74.2 Å². The minimum atomic E-state index is -1.90. The molecule has 43 heteroatoms. The van der Waals surface area contributed by atoms with E-state index in [1.807, 2.05) is 5.32 Å². The van der Waals surface area contributed by atoms with Gasteiger partial charge in [0.2, 0.25) is 70.4 Å². The second-order valence-electron chi connectivity index (χ2n) is 24.4. The Morgan fingerprint density at radius 3 is 1.55 bits per heavy atom. The average molecular weight is 1510 g/mol. The number of rotatable bonds is 54. The van der Waals surface area contributed by atoms with E-state index >= 15 is 0 Å². The summed E-state index contributed by atoms with van der Waals surface area (Å²) in [6.45, 7) is 2.80. The smallest absolute Gasteiger partial charge is 0.305 e. The summed E-state index contributed by atoms with van der Waals surface area (Å²) in [6, 6.07) is -10.9. The van der Waals surface area contributed by atoms with Crippen LogP contribution in [-0.4, -0.2) is 255 Å². The van der Waals surface area contributed by atoms with Crippen molar-refractivity contribution < 1.29 is 93.8 Å². The Balaban J connectivity index is 2.41. The number of phenols is 1. The Morgan fingerprint density at radius 2 is 1.03 bits per heavy atom. The number of nitrogens with one attached hydrogen (secondary N) is 16. The van der Waals surface area contributed by atoms with E-state index in [1.54, 1.807) is 19.6 Å². The molecule has 30 N–H and O–H groups in total. The van der Waals surface area contributed by atoms with E-state index in [1.165, 1.54) is 29.2 Å². The summed E-state index contributed by atoms with van der Waals surface area (Å²) >= 11 is 8.42. The van der Waals surface area contributed by atoms with Crippen LogP contribution in [0.1, 0.15) is 103 Å². The molecule has 104 heavy (non-hydrogen) atoms. The number of hydrazine groups is 1. The molecule has 1 aliphatic heterocycles. The summed E-state index contributed by atoms with van der Waals surface area (Å²) in [7, 11) is 0. The number of thiol groups is 2. The van der Waals surface area contributed by atoms with Crippen molar-refractivity contribution in [1.29, 1.82) is 16.2 Å². The number of nitrogens with zero attached hydrogens (tertiary/aromatic N) is 1. The number of carbonyl (C=O) groups is 15. The zero-order valence-electron chi connectivity index (χ0n) is 58.6. The fourth-order valence-electron chi connectivity index (χ4n) is 10.3. The Labute approximate surface area is 611 Å². The van der Waals surface area contributed by atoms with E-state index < -0.39 is 217 Å². The number of benzene rings is 1. The third-order valence-corrected chi connectivity index (χ3v) is 16.5. The van der Waals surface area contributed by atoms with Crippen molar-refractivity contribution in [2.24, 2.45) is 34.6 Å². The van der Waals surface area contributed by atoms with Gasteiger partial charge in [-0.25, -0.2) is 10.9 Å². The summed E-state index contributed by atoms with van der Waals surface area (Å²) in [4.78, 5) is 201. The maximum absolute atomic E-state index is 14.6. The van der Waals surface area contributed by atoms with Crippen molar-refractivity contribution in [3.05, 3.63) is 29.8 Å². The summed E-state index contributed by atoms with van der Waals surface area (Å²) in [5.41, 5.74) is 28.6. The molecule has 1 aliphatic rings. The number of aliphatic carboxylic acids is 3. The van der Waals surface area contributed by atoms with Gasteiger partial charge in [-0.2, -0.15) is 25.3 Å². The van der Waals surface area contributed by atoms with Gasteiger partial charge in [-0.1, -0.05) is 26.0 Å². The summed E-state index contributed by atoms with van der Waals surface area (Å²) in [5, 5.41) is 89.3. The molecule has 0 spiro atoms. The molecule has 1 aromatic carbocycles. The van der Waals surface area contributed by atoms with Gasteiger partial charge in [0.1, 0.15) is 49.5 Å². The van der Waals surface area contributed by atoms with Crippen LogP contribution in [0.3, 0.4) is 0 Å². The predicted molar refractivity (Wildman–Crippen MR) is 380 cm³/mol. The first-order valence-corrected chi connectivity index (χ1v) is 34.4. The second-order valence-corrected chi connectivity index (χ2v) is 25.2. The number of nitrogens with two attached hydrogens (primary N) is 5. The topological polar surface area (TPSA) is 698 Å². The number of carboxylic acids is 3. The standard InChI is InChI=1S/C61H100N22O19S2/c1-30(2)47(51(63)95)80-57(101)42-11-6-23-83(42)58(102)37(10-5-20-74-61(68)69)71-22-7-21-70-34(16-17-44(86)87)49(93)50(94)40(28-103)78-56(100)41(29-104)79-53(97)36(9-4-19-73-60(66)67)76-54(98)38(24-31-12-14-32(84)15-13-31)77-55(99)39(26-46(90)91)82-81-35(8-3-18-72-59(64)65)48(92)43(85)27-75-52(96)33(62)25-45(88)89/h12-15,30,33-42,47,70-71,81-82,84,103-104H,3-11,16-29,62H2,1-2H3,(H2,63,95)(H,75,96)(H,76,98)(H,77,99)(H,78,100)(H,79,97)(H,80,101)(H,86,87)(H,88,89)(H,90,91)(H4,64,65,72)(H4,66,67,73)(H4,68,69,74)/t33-,34-,35-,36-,37-,38?,39-,40-,41?,42-,47-/m0/s1/i/hD. The number of carboxylic acid groups (broad SMARTS) is 3. The zero-order chi connectivity index (χ0) is 79.0. The quantitative estimate of drug-likeness (QED) is 0.00719. The Bertz CT molecular complexity index is 3220. The SMILES string of the molecule is [2H]N[C@@H](CC(=O)O)C(=O)NCC(=O)C(=O)[C@H](CCCNC(=N)N)NN[C@@H](CC(=O)O)C(=O)NC(Cc1ccc(O)cc1)C(=O)N[C@@H](CCCNC(=N)N)C(=O)NC(CS)C(=O)N[C@@H](CS)C(=O)C(=O)[C@H](CCC(=O)O)NCCCN[C@@H](CCCNC(=N)N)C(=O)N1CCC[C@H]1C(=O)N[C@H](C(N)=O)C(C)C. The molecular formula is C61H100N22O19S2. The predicted octanol–water partition coefficient (Wildman–Crippen LogP) is -8.19. The highest BCUT2D eigenvalue weighted by Gasteiger charge is 2.40. The van der Waals surface area contributed by atoms with Crippen molar-refractivity contribution in [2.45, 2.75) is 170 Å². The third-order valence-electron chi connectivity index (χ3n) is 15.8. The Morgan fingerprint density at radius 1 is 0.548 bits per heavy atom. The lowest BCUT2D eigenvalue weighted by Gasteiger charge is -2.30. The monoisotopic (exact) mass is 1510 g/mol. The van der Waals surface area contributed by atoms with Crippen LogP contribution in [0.25, 0.3) is 0 Å². The van der Waals surface area contributed by atoms with E-state index in [2.05, 4.69) is 89.3 Å². The molecule has 2 rings (SSSR count). The minimum Gasteiger partial charge on any atom is -0.508 e. The molecule has 580 valence electrons. The molecule has 41 nitrogen and oxygen atoms in total. The van der Waals surface area contributed by atoms with E-state index in [-0.39, 0.29) is 101 Å². The molecular weight excluding hydrogens is 1410 g/mol. The lowest BCUT2D eigenvalue weighted by Crippen LogP contribution is -2.61. The van der Waals surface area contributed by atoms with Crippen LogP contribution in [0.4, 0.5) is 0 Å². The molecule has 11 atom stereocenters. The lowest BCUT2D eigenvalue weighted by molar-refractivity contribution is -0.141. The first-order chi connectivity index (χ1) is 49.5. The van der Waals surface area contributed by atoms with E-state index in [0.717, 1.165) is 0 Å². The van der Waals surface area contributed by atoms with E-state index in [9.17, 15) is 87.2 Å². The molecule has 0 radical (unpaired) electrons. The van der Waals surface area contributed by atoms with Crippen LogP contribution < -0.4 is 98.0 Å². The molecule has 1 fully saturated rings. The largest absolute Gasteiger partial charge is 0.508 e. The van der Waals surface area contributed by atoms with Gasteiger partial charge in [-0.15, -0.1) is 0 Å². The first-order valence-electron chi connectivity index (χ1n) is 33.6. The summed E-state index contributed by atoms with van der Waals surface area (Å²) in [6.07, 6.45) is -2.48. The number of ketones is 4. The highest BCUT2D eigenvalue weighted by molar-refractivity contribution is 7.80. The first kappa shape index (κ1) is 88.4. The second kappa shape index (κ2) is 47.4. The number of Topliss-reactive ketones (excluding diaryl/α,β-unsaturated/α-hetero) is 4. The van der Waals surface area contributed by atoms with E-state index in [0.29, 0.717) is 19.3 Å². The van der Waals surface area contributed by atoms with Crippen LogP contribution in [0, 0.1) is 22.1 Å². The van der Waals surface area contributed by atoms with Gasteiger partial charge in [0.05, 0.1) is 43.6 Å². The average Bonchev–Trinajstić information content (AvgIpc) is 1.72. The number of guanidine groups is 3. The molecule has 8 amide bonds. The van der Waals surface area contributed by atoms with Gasteiger partial charge in [0.25, 0.3) is 0 Å². The molecule has 0 aliphatic carbocycles. The number of phenolic OH excluding ortho intramolecular Hbond substituents is 1. The lowest BCUT2D eigenvalue weighted by atomic mass is 9.99. The van der Waals surface area contributed by atoms with Crippen LogP contribution >= 0.6 is 25.3 Å². The van der Waals surface area contributed by atoms with Crippen LogP contribution in [-0.2, 0) is 78.3 Å². The molecule has 0 bridgehead atoms. The molecule has 2 unspecified atom stereocenters. The number of aromatic hydroxyl groups is 1. The molecule has 1 aromatic rings. The maximum Gasteiger partial charge on any atom is 0.305 e. The Hall–Kier alpha value is -9.82. The zero-order valence-corrected chi connectivity index (χ0v) is 59.4. The van der Waals surface area contributed by atoms with Crippen molar-refractivity contribution >= 4 is 131 Å². The number of amides is 8. The highest BCUT2D eigenvalue weighted by Crippen LogP contribution is 2.21. The molecule has 1 saturated heterocycles. The van der Waals surface area contributed by atoms with E-state index in [4.69, 9.17) is 45.7 Å². The van der Waals surface area contributed by atoms with Crippen LogP contribution in [0.2, 0.25) is 1.41 Å². The maximum atomic E-state index is 14.6. The van der Waals surface area contributed by atoms with Crippen molar-refractivity contribution in [3.63, 3.8) is 0 Å². The number of primary amides is 1. The van der Waals surface area contributed by atoms with Crippen molar-refractivity contribution in [3.8, 4) is 5.75 Å². The minimum absolute atomic E-state index is 0.0108. The molecule has 0 aromatic heterocycles. The van der Waals surface area contributed by atoms with Gasteiger partial charge < -0.3 is 112 Å². The third kappa shape index (κ3) is 34.0. The number of likely N-dealkylation sites (tertiary alicyclic amines) is 1. The Kier molecular flexibility index (Phi) is 40.3. The normalized spacial score (nSPS) is 15.5. The molecule has 1 heterocycles.